The first-order valence-corrected chi connectivity index (χ1v) is 12.2. The van der Waals surface area contributed by atoms with Gasteiger partial charge >= 0.3 is 0 Å². The van der Waals surface area contributed by atoms with Gasteiger partial charge in [0, 0.05) is 19.7 Å². The first kappa shape index (κ1) is 21.9. The molecule has 2 heterocycles. The van der Waals surface area contributed by atoms with Gasteiger partial charge in [-0.25, -0.2) is 8.42 Å². The molecule has 7 nitrogen and oxygen atoms in total. The van der Waals surface area contributed by atoms with Crippen LogP contribution in [-0.2, 0) is 26.0 Å². The number of sulfonamides is 1. The second kappa shape index (κ2) is 9.46. The minimum Gasteiger partial charge on any atom is -0.482 e. The summed E-state index contributed by atoms with van der Waals surface area (Å²) < 4.78 is 38.9. The standard InChI is InChI=1S/C22H25ClN2O5S/c23-19-13-18(31(27,28)25-11-3-6-16-5-1-2-8-20(16)25)9-10-21(19)30-15-22(26)24-14-17-7-4-12-29-17/h1-2,5,8-10,13,17H,3-4,6-7,11-12,14-15H2,(H,24,26)/t17-/m0/s1. The third-order valence-electron chi connectivity index (χ3n) is 5.47. The van der Waals surface area contributed by atoms with E-state index in [1.54, 1.807) is 0 Å². The summed E-state index contributed by atoms with van der Waals surface area (Å²) in [5.74, 6) is -0.0277. The highest BCUT2D eigenvalue weighted by atomic mass is 35.5. The molecule has 1 N–H and O–H groups in total. The van der Waals surface area contributed by atoms with E-state index in [-0.39, 0.29) is 34.3 Å². The van der Waals surface area contributed by atoms with Gasteiger partial charge in [0.1, 0.15) is 5.75 Å². The predicted octanol–water partition coefficient (Wildman–Crippen LogP) is 3.16. The van der Waals surface area contributed by atoms with E-state index in [4.69, 9.17) is 21.1 Å². The molecule has 4 rings (SSSR count). The van der Waals surface area contributed by atoms with E-state index in [1.165, 1.54) is 22.5 Å². The number of ether oxygens (including phenoxy) is 2. The minimum atomic E-state index is -3.76. The fourth-order valence-electron chi connectivity index (χ4n) is 3.86. The average Bonchev–Trinajstić information content (AvgIpc) is 3.30. The Morgan fingerprint density at radius 2 is 2.06 bits per heavy atom. The van der Waals surface area contributed by atoms with Crippen LogP contribution in [0.3, 0.4) is 0 Å². The van der Waals surface area contributed by atoms with Gasteiger partial charge in [0.25, 0.3) is 15.9 Å². The Bertz CT molecular complexity index is 1050. The fraction of sp³-hybridized carbons (Fsp3) is 0.409. The largest absolute Gasteiger partial charge is 0.482 e. The number of para-hydroxylation sites is 1. The molecule has 0 bridgehead atoms. The Hall–Kier alpha value is -2.29. The number of halogens is 1. The van der Waals surface area contributed by atoms with Crippen molar-refractivity contribution < 1.29 is 22.7 Å². The summed E-state index contributed by atoms with van der Waals surface area (Å²) >= 11 is 6.28. The van der Waals surface area contributed by atoms with E-state index in [2.05, 4.69) is 5.32 Å². The smallest absolute Gasteiger partial charge is 0.264 e. The highest BCUT2D eigenvalue weighted by Crippen LogP contribution is 2.34. The maximum absolute atomic E-state index is 13.2. The lowest BCUT2D eigenvalue weighted by molar-refractivity contribution is -0.123. The van der Waals surface area contributed by atoms with Crippen LogP contribution in [0.15, 0.2) is 47.4 Å². The number of rotatable bonds is 7. The van der Waals surface area contributed by atoms with Crippen LogP contribution in [0.1, 0.15) is 24.8 Å². The second-order valence-corrected chi connectivity index (χ2v) is 9.90. The Labute approximate surface area is 187 Å². The SMILES string of the molecule is O=C(COc1ccc(S(=O)(=O)N2CCCc3ccccc32)cc1Cl)NC[C@@H]1CCCO1. The number of hydrogen-bond acceptors (Lipinski definition) is 5. The number of carbonyl (C=O) groups is 1. The zero-order chi connectivity index (χ0) is 21.8. The highest BCUT2D eigenvalue weighted by Gasteiger charge is 2.29. The predicted molar refractivity (Wildman–Crippen MR) is 118 cm³/mol. The van der Waals surface area contributed by atoms with Crippen LogP contribution in [-0.4, -0.2) is 46.7 Å². The van der Waals surface area contributed by atoms with E-state index in [0.717, 1.165) is 37.9 Å². The van der Waals surface area contributed by atoms with Crippen molar-refractivity contribution in [3.63, 3.8) is 0 Å². The maximum Gasteiger partial charge on any atom is 0.264 e. The third kappa shape index (κ3) is 4.97. The van der Waals surface area contributed by atoms with Gasteiger partial charge in [0.2, 0.25) is 0 Å². The molecule has 1 fully saturated rings. The van der Waals surface area contributed by atoms with Gasteiger partial charge in [-0.05, 0) is 55.5 Å². The Morgan fingerprint density at radius 3 is 2.84 bits per heavy atom. The number of hydrogen-bond donors (Lipinski definition) is 1. The van der Waals surface area contributed by atoms with Crippen molar-refractivity contribution in [1.29, 1.82) is 0 Å². The van der Waals surface area contributed by atoms with Gasteiger partial charge in [-0.2, -0.15) is 0 Å². The number of nitrogens with zero attached hydrogens (tertiary/aromatic N) is 1. The molecule has 2 aliphatic rings. The van der Waals surface area contributed by atoms with Gasteiger partial charge in [-0.15, -0.1) is 0 Å². The van der Waals surface area contributed by atoms with Crippen LogP contribution in [0.25, 0.3) is 0 Å². The van der Waals surface area contributed by atoms with Crippen LogP contribution in [0, 0.1) is 0 Å². The number of fused-ring (bicyclic) bond motifs is 1. The summed E-state index contributed by atoms with van der Waals surface area (Å²) in [6, 6.07) is 11.8. The molecule has 1 amide bonds. The maximum atomic E-state index is 13.2. The molecule has 0 aliphatic carbocycles. The molecule has 0 aromatic heterocycles. The molecule has 1 atom stereocenters. The lowest BCUT2D eigenvalue weighted by Crippen LogP contribution is -2.35. The first-order valence-electron chi connectivity index (χ1n) is 10.4. The van der Waals surface area contributed by atoms with E-state index in [0.29, 0.717) is 18.8 Å². The molecule has 2 aliphatic heterocycles. The molecule has 0 spiro atoms. The van der Waals surface area contributed by atoms with Crippen molar-refractivity contribution in [3.05, 3.63) is 53.1 Å². The lowest BCUT2D eigenvalue weighted by atomic mass is 10.0. The monoisotopic (exact) mass is 464 g/mol. The summed E-state index contributed by atoms with van der Waals surface area (Å²) in [6.45, 7) is 1.38. The van der Waals surface area contributed by atoms with Crippen molar-refractivity contribution in [1.82, 2.24) is 5.32 Å². The lowest BCUT2D eigenvalue weighted by Gasteiger charge is -2.30. The zero-order valence-corrected chi connectivity index (χ0v) is 18.6. The van der Waals surface area contributed by atoms with Crippen molar-refractivity contribution >= 4 is 33.2 Å². The zero-order valence-electron chi connectivity index (χ0n) is 17.1. The molecule has 166 valence electrons. The van der Waals surface area contributed by atoms with E-state index in [1.807, 2.05) is 24.3 Å². The van der Waals surface area contributed by atoms with Gasteiger partial charge in [0.05, 0.1) is 21.7 Å². The molecule has 2 aromatic carbocycles. The number of anilines is 1. The molecule has 1 saturated heterocycles. The summed E-state index contributed by atoms with van der Waals surface area (Å²) in [7, 11) is -3.76. The van der Waals surface area contributed by atoms with E-state index in [9.17, 15) is 13.2 Å². The van der Waals surface area contributed by atoms with Gasteiger partial charge in [-0.3, -0.25) is 9.10 Å². The van der Waals surface area contributed by atoms with Crippen molar-refractivity contribution in [2.45, 2.75) is 36.7 Å². The summed E-state index contributed by atoms with van der Waals surface area (Å²) in [4.78, 5) is 12.1. The fourth-order valence-corrected chi connectivity index (χ4v) is 5.73. The topological polar surface area (TPSA) is 84.9 Å². The van der Waals surface area contributed by atoms with Crippen LogP contribution in [0.4, 0.5) is 5.69 Å². The molecule has 0 radical (unpaired) electrons. The van der Waals surface area contributed by atoms with E-state index >= 15 is 0 Å². The molecule has 0 unspecified atom stereocenters. The van der Waals surface area contributed by atoms with Crippen LogP contribution in [0.5, 0.6) is 5.75 Å². The molecule has 2 aromatic rings. The van der Waals surface area contributed by atoms with Crippen LogP contribution in [0.2, 0.25) is 5.02 Å². The number of benzene rings is 2. The van der Waals surface area contributed by atoms with Crippen LogP contribution < -0.4 is 14.4 Å². The average molecular weight is 465 g/mol. The van der Waals surface area contributed by atoms with Crippen molar-refractivity contribution in [3.8, 4) is 5.75 Å². The normalized spacial score (nSPS) is 18.5. The van der Waals surface area contributed by atoms with Gasteiger partial charge in [-0.1, -0.05) is 29.8 Å². The number of carbonyl (C=O) groups excluding carboxylic acids is 1. The quantitative estimate of drug-likeness (QED) is 0.680. The molecular formula is C22H25ClN2O5S. The van der Waals surface area contributed by atoms with Crippen molar-refractivity contribution in [2.24, 2.45) is 0 Å². The molecule has 31 heavy (non-hydrogen) atoms. The number of amides is 1. The van der Waals surface area contributed by atoms with Gasteiger partial charge in [0.15, 0.2) is 6.61 Å². The Morgan fingerprint density at radius 1 is 1.23 bits per heavy atom. The van der Waals surface area contributed by atoms with E-state index < -0.39 is 10.0 Å². The second-order valence-electron chi connectivity index (χ2n) is 7.63. The highest BCUT2D eigenvalue weighted by molar-refractivity contribution is 7.92. The molecule has 0 saturated carbocycles. The van der Waals surface area contributed by atoms with Gasteiger partial charge < -0.3 is 14.8 Å². The minimum absolute atomic E-state index is 0.0527. The number of aryl methyl sites for hydroxylation is 1. The third-order valence-corrected chi connectivity index (χ3v) is 7.57. The Kier molecular flexibility index (Phi) is 6.69. The summed E-state index contributed by atoms with van der Waals surface area (Å²) in [5.41, 5.74) is 1.71. The first-order chi connectivity index (χ1) is 14.9. The summed E-state index contributed by atoms with van der Waals surface area (Å²) in [5, 5.41) is 2.91. The van der Waals surface area contributed by atoms with Crippen molar-refractivity contribution in [2.75, 3.05) is 30.6 Å². The number of nitrogens with one attached hydrogen (secondary N) is 1. The molecular weight excluding hydrogens is 440 g/mol. The summed E-state index contributed by atoms with van der Waals surface area (Å²) in [6.07, 6.45) is 3.60. The Balaban J connectivity index is 1.42. The van der Waals surface area contributed by atoms with Crippen LogP contribution >= 0.6 is 11.6 Å². The molecule has 9 heteroatoms.